The lowest BCUT2D eigenvalue weighted by Gasteiger charge is -2.37. The topological polar surface area (TPSA) is 139 Å². The van der Waals surface area contributed by atoms with Crippen LogP contribution in [0.1, 0.15) is 25.3 Å². The molecule has 0 unspecified atom stereocenters. The Morgan fingerprint density at radius 3 is 2.62 bits per heavy atom. The van der Waals surface area contributed by atoms with Crippen molar-refractivity contribution in [3.05, 3.63) is 58.1 Å². The average molecular weight is 553 g/mol. The predicted molar refractivity (Wildman–Crippen MR) is 147 cm³/mol. The number of non-ortho nitro benzene ring substituents is 1. The van der Waals surface area contributed by atoms with Crippen LogP contribution >= 0.6 is 11.8 Å². The van der Waals surface area contributed by atoms with Crippen molar-refractivity contribution in [1.82, 2.24) is 10.2 Å². The number of carbonyl (C=O) groups excluding carboxylic acids is 2. The minimum Gasteiger partial charge on any atom is -0.454 e. The van der Waals surface area contributed by atoms with Gasteiger partial charge in [0.25, 0.3) is 5.69 Å². The molecule has 2 aromatic rings. The molecule has 3 aliphatic heterocycles. The summed E-state index contributed by atoms with van der Waals surface area (Å²) in [5, 5.41) is 21.8. The summed E-state index contributed by atoms with van der Waals surface area (Å²) in [6.07, 6.45) is 1.51. The van der Waals surface area contributed by atoms with E-state index >= 15 is 0 Å². The zero-order valence-corrected chi connectivity index (χ0v) is 22.2. The number of piperazine rings is 1. The van der Waals surface area contributed by atoms with Crippen LogP contribution in [0, 0.1) is 10.1 Å². The summed E-state index contributed by atoms with van der Waals surface area (Å²) in [5.74, 6) is 1.13. The Morgan fingerprint density at radius 1 is 1.13 bits per heavy atom. The Kier molecular flexibility index (Phi) is 7.96. The van der Waals surface area contributed by atoms with Gasteiger partial charge in [-0.3, -0.25) is 19.7 Å². The number of hydrogen-bond donors (Lipinski definition) is 1. The number of nitrogens with one attached hydrogen (secondary N) is 1. The zero-order chi connectivity index (χ0) is 27.4. The molecule has 0 bridgehead atoms. The van der Waals surface area contributed by atoms with Crippen LogP contribution in [0.15, 0.2) is 52.7 Å². The quantitative estimate of drug-likeness (QED) is 0.314. The molecule has 0 aromatic heterocycles. The standard InChI is InChI=1S/C26H28N6O6S/c1-17(2-3-18-4-9-21-22(14-18)38-16-37-21)28-29-26-27-24(33)15-23(39-26)25(34)31-12-10-30(11-13-31)19-5-7-20(8-6-19)32(35)36/h4-9,14,23H,2-3,10-13,15-16H2,1H3,(H,27,29,33)/b28-17-/t23-/m0/s1. The Bertz CT molecular complexity index is 1320. The number of thioether (sulfide) groups is 1. The monoisotopic (exact) mass is 552 g/mol. The highest BCUT2D eigenvalue weighted by atomic mass is 32.2. The lowest BCUT2D eigenvalue weighted by Crippen LogP contribution is -2.53. The second-order valence-corrected chi connectivity index (χ2v) is 10.6. The number of amidine groups is 1. The van der Waals surface area contributed by atoms with E-state index in [1.165, 1.54) is 23.9 Å². The Morgan fingerprint density at radius 2 is 1.87 bits per heavy atom. The largest absolute Gasteiger partial charge is 0.454 e. The molecule has 0 spiro atoms. The molecule has 1 N–H and O–H groups in total. The number of rotatable bonds is 7. The van der Waals surface area contributed by atoms with E-state index in [9.17, 15) is 19.7 Å². The molecule has 0 radical (unpaired) electrons. The number of hydrogen-bond acceptors (Lipinski definition) is 10. The zero-order valence-electron chi connectivity index (χ0n) is 21.4. The highest BCUT2D eigenvalue weighted by molar-refractivity contribution is 8.15. The van der Waals surface area contributed by atoms with E-state index in [0.717, 1.165) is 34.9 Å². The molecular formula is C26H28N6O6S. The lowest BCUT2D eigenvalue weighted by molar-refractivity contribution is -0.384. The maximum absolute atomic E-state index is 13.2. The smallest absolute Gasteiger partial charge is 0.269 e. The Hall–Kier alpha value is -4.13. The van der Waals surface area contributed by atoms with E-state index in [0.29, 0.717) is 37.8 Å². The number of anilines is 1. The molecule has 5 rings (SSSR count). The number of aryl methyl sites for hydroxylation is 1. The highest BCUT2D eigenvalue weighted by Gasteiger charge is 2.34. The van der Waals surface area contributed by atoms with Crippen molar-refractivity contribution in [2.24, 2.45) is 10.2 Å². The van der Waals surface area contributed by atoms with Crippen molar-refractivity contribution >= 4 is 45.8 Å². The number of nitrogens with zero attached hydrogens (tertiary/aromatic N) is 5. The van der Waals surface area contributed by atoms with E-state index in [4.69, 9.17) is 9.47 Å². The van der Waals surface area contributed by atoms with Crippen molar-refractivity contribution in [3.8, 4) is 11.5 Å². The Labute approximate surface area is 229 Å². The maximum Gasteiger partial charge on any atom is 0.269 e. The fraction of sp³-hybridized carbons (Fsp3) is 0.385. The summed E-state index contributed by atoms with van der Waals surface area (Å²) in [4.78, 5) is 39.8. The number of fused-ring (bicyclic) bond motifs is 1. The highest BCUT2D eigenvalue weighted by Crippen LogP contribution is 2.33. The molecule has 1 atom stereocenters. The molecule has 39 heavy (non-hydrogen) atoms. The molecule has 3 heterocycles. The molecule has 2 saturated heterocycles. The first-order valence-electron chi connectivity index (χ1n) is 12.6. The lowest BCUT2D eigenvalue weighted by atomic mass is 10.1. The van der Waals surface area contributed by atoms with Crippen molar-refractivity contribution in [1.29, 1.82) is 0 Å². The average Bonchev–Trinajstić information content (AvgIpc) is 3.42. The van der Waals surface area contributed by atoms with Gasteiger partial charge in [-0.25, -0.2) is 0 Å². The van der Waals surface area contributed by atoms with Crippen LogP contribution in [0.25, 0.3) is 0 Å². The van der Waals surface area contributed by atoms with E-state index in [1.54, 1.807) is 17.0 Å². The molecule has 204 valence electrons. The van der Waals surface area contributed by atoms with Gasteiger partial charge in [-0.1, -0.05) is 17.8 Å². The van der Waals surface area contributed by atoms with Gasteiger partial charge in [-0.15, -0.1) is 5.10 Å². The van der Waals surface area contributed by atoms with Gasteiger partial charge in [0.15, 0.2) is 16.7 Å². The number of amides is 2. The van der Waals surface area contributed by atoms with E-state index in [2.05, 4.69) is 20.4 Å². The molecular weight excluding hydrogens is 524 g/mol. The summed E-state index contributed by atoms with van der Waals surface area (Å²) >= 11 is 1.22. The first-order chi connectivity index (χ1) is 18.9. The first-order valence-corrected chi connectivity index (χ1v) is 13.5. The maximum atomic E-state index is 13.2. The van der Waals surface area contributed by atoms with E-state index in [1.807, 2.05) is 25.1 Å². The minimum absolute atomic E-state index is 0.0434. The second-order valence-electron chi connectivity index (χ2n) is 9.37. The fourth-order valence-corrected chi connectivity index (χ4v) is 5.52. The van der Waals surface area contributed by atoms with Crippen LogP contribution in [0.3, 0.4) is 0 Å². The first kappa shape index (κ1) is 26.5. The number of carbonyl (C=O) groups is 2. The summed E-state index contributed by atoms with van der Waals surface area (Å²) in [5.41, 5.74) is 2.81. The van der Waals surface area contributed by atoms with Gasteiger partial charge in [-0.05, 0) is 49.6 Å². The van der Waals surface area contributed by atoms with Gasteiger partial charge in [0.05, 0.1) is 4.92 Å². The summed E-state index contributed by atoms with van der Waals surface area (Å²) < 4.78 is 10.8. The number of ether oxygens (including phenoxy) is 2. The molecule has 2 amide bonds. The van der Waals surface area contributed by atoms with E-state index < -0.39 is 10.2 Å². The normalized spacial score (nSPS) is 20.2. The van der Waals surface area contributed by atoms with Crippen LogP contribution in [0.5, 0.6) is 11.5 Å². The summed E-state index contributed by atoms with van der Waals surface area (Å²) in [7, 11) is 0. The molecule has 2 fully saturated rings. The van der Waals surface area contributed by atoms with Crippen LogP contribution in [-0.4, -0.2) is 70.7 Å². The van der Waals surface area contributed by atoms with Gasteiger partial charge in [0.2, 0.25) is 18.6 Å². The third-order valence-corrected chi connectivity index (χ3v) is 7.75. The fourth-order valence-electron chi connectivity index (χ4n) is 4.51. The number of nitro groups is 1. The predicted octanol–water partition coefficient (Wildman–Crippen LogP) is 2.96. The van der Waals surface area contributed by atoms with Crippen LogP contribution < -0.4 is 19.7 Å². The third-order valence-electron chi connectivity index (χ3n) is 6.69. The Balaban J connectivity index is 1.13. The van der Waals surface area contributed by atoms with Gasteiger partial charge in [-0.2, -0.15) is 5.10 Å². The van der Waals surface area contributed by atoms with Crippen molar-refractivity contribution < 1.29 is 24.0 Å². The number of benzene rings is 2. The third kappa shape index (κ3) is 6.48. The second kappa shape index (κ2) is 11.7. The van der Waals surface area contributed by atoms with Gasteiger partial charge in [0, 0.05) is 56.1 Å². The van der Waals surface area contributed by atoms with Crippen molar-refractivity contribution in [2.45, 2.75) is 31.4 Å². The summed E-state index contributed by atoms with van der Waals surface area (Å²) in [6.45, 7) is 4.31. The van der Waals surface area contributed by atoms with Crippen LogP contribution in [-0.2, 0) is 16.0 Å². The number of nitro benzene ring substituents is 1. The molecule has 12 nitrogen and oxygen atoms in total. The van der Waals surface area contributed by atoms with Crippen molar-refractivity contribution in [3.63, 3.8) is 0 Å². The molecule has 3 aliphatic rings. The summed E-state index contributed by atoms with van der Waals surface area (Å²) in [6, 6.07) is 12.2. The van der Waals surface area contributed by atoms with Crippen LogP contribution in [0.2, 0.25) is 0 Å². The van der Waals surface area contributed by atoms with Gasteiger partial charge < -0.3 is 24.6 Å². The molecule has 0 saturated carbocycles. The molecule has 0 aliphatic carbocycles. The van der Waals surface area contributed by atoms with Crippen LogP contribution in [0.4, 0.5) is 11.4 Å². The van der Waals surface area contributed by atoms with Crippen molar-refractivity contribution in [2.75, 3.05) is 37.9 Å². The van der Waals surface area contributed by atoms with Gasteiger partial charge in [0.1, 0.15) is 5.25 Å². The van der Waals surface area contributed by atoms with E-state index in [-0.39, 0.29) is 30.7 Å². The molecule has 13 heteroatoms. The molecule has 2 aromatic carbocycles. The SMILES string of the molecule is C/C(CCc1ccc2c(c1)OCO2)=N/N=C1/NC(=O)C[C@@H](C(=O)N2CCN(c3ccc([N+](=O)[O-])cc3)CC2)S1. The van der Waals surface area contributed by atoms with Gasteiger partial charge >= 0.3 is 0 Å². The minimum atomic E-state index is -0.562.